The lowest BCUT2D eigenvalue weighted by atomic mass is 9.41. The molecule has 37 heavy (non-hydrogen) atoms. The number of hydrogen-bond donors (Lipinski definition) is 7. The molecule has 8 nitrogen and oxygen atoms in total. The van der Waals surface area contributed by atoms with Crippen molar-refractivity contribution in [3.05, 3.63) is 11.6 Å². The summed E-state index contributed by atoms with van der Waals surface area (Å²) in [5.74, 6) is -1.42. The van der Waals surface area contributed by atoms with Crippen LogP contribution in [0.4, 0.5) is 0 Å². The number of aliphatic hydroxyl groups is 7. The number of hydrogen-bond acceptors (Lipinski definition) is 8. The number of ketones is 1. The summed E-state index contributed by atoms with van der Waals surface area (Å²) < 4.78 is 0. The Morgan fingerprint density at radius 2 is 1.59 bits per heavy atom. The lowest BCUT2D eigenvalue weighted by Crippen LogP contribution is -2.65. The van der Waals surface area contributed by atoms with Gasteiger partial charge in [0.15, 0.2) is 5.78 Å². The van der Waals surface area contributed by atoms with E-state index >= 15 is 0 Å². The van der Waals surface area contributed by atoms with Gasteiger partial charge in [-0.05, 0) is 94.6 Å². The molecule has 4 aliphatic carbocycles. The first-order valence-electron chi connectivity index (χ1n) is 13.9. The van der Waals surface area contributed by atoms with Gasteiger partial charge in [0.25, 0.3) is 0 Å². The van der Waals surface area contributed by atoms with Crippen molar-refractivity contribution in [2.45, 2.75) is 122 Å². The third-order valence-corrected chi connectivity index (χ3v) is 12.0. The van der Waals surface area contributed by atoms with E-state index in [1.54, 1.807) is 26.8 Å². The molecule has 4 unspecified atom stereocenters. The predicted molar refractivity (Wildman–Crippen MR) is 137 cm³/mol. The maximum Gasteiger partial charge on any atom is 0.162 e. The Balaban J connectivity index is 1.69. The van der Waals surface area contributed by atoms with E-state index in [1.165, 1.54) is 0 Å². The molecule has 0 spiro atoms. The Labute approximate surface area is 220 Å². The van der Waals surface area contributed by atoms with Crippen LogP contribution >= 0.6 is 0 Å². The van der Waals surface area contributed by atoms with Crippen LogP contribution in [0.15, 0.2) is 11.6 Å². The molecule has 0 amide bonds. The van der Waals surface area contributed by atoms with Gasteiger partial charge >= 0.3 is 0 Å². The molecule has 7 N–H and O–H groups in total. The second-order valence-corrected chi connectivity index (χ2v) is 14.2. The topological polar surface area (TPSA) is 159 Å². The first-order chi connectivity index (χ1) is 16.8. The minimum Gasteiger partial charge on any atom is -0.396 e. The van der Waals surface area contributed by atoms with Crippen molar-refractivity contribution in [1.29, 1.82) is 0 Å². The Kier molecular flexibility index (Phi) is 6.94. The smallest absolute Gasteiger partial charge is 0.162 e. The molecule has 0 aromatic heterocycles. The van der Waals surface area contributed by atoms with Crippen molar-refractivity contribution >= 4 is 5.78 Å². The summed E-state index contributed by atoms with van der Waals surface area (Å²) in [6.07, 6.45) is 0.873. The summed E-state index contributed by atoms with van der Waals surface area (Å²) in [6, 6.07) is 0. The highest BCUT2D eigenvalue weighted by Gasteiger charge is 2.71. The second-order valence-electron chi connectivity index (χ2n) is 14.2. The van der Waals surface area contributed by atoms with Crippen molar-refractivity contribution < 1.29 is 40.5 Å². The van der Waals surface area contributed by atoms with Gasteiger partial charge in [0.1, 0.15) is 0 Å². The van der Waals surface area contributed by atoms with E-state index in [-0.39, 0.29) is 37.6 Å². The molecule has 4 aliphatic rings. The quantitative estimate of drug-likeness (QED) is 0.275. The van der Waals surface area contributed by atoms with E-state index in [1.807, 2.05) is 20.8 Å². The van der Waals surface area contributed by atoms with E-state index in [0.717, 1.165) is 0 Å². The molecule has 0 bridgehead atoms. The Morgan fingerprint density at radius 1 is 1.00 bits per heavy atom. The van der Waals surface area contributed by atoms with E-state index < -0.39 is 63.2 Å². The van der Waals surface area contributed by atoms with Crippen LogP contribution in [0.5, 0.6) is 0 Å². The number of allylic oxidation sites excluding steroid dienone is 1. The fraction of sp³-hybridized carbons (Fsp3) is 0.897. The van der Waals surface area contributed by atoms with Crippen molar-refractivity contribution in [2.75, 3.05) is 6.61 Å². The van der Waals surface area contributed by atoms with Crippen molar-refractivity contribution in [3.63, 3.8) is 0 Å². The molecule has 0 aromatic carbocycles. The van der Waals surface area contributed by atoms with E-state index in [0.29, 0.717) is 31.3 Å². The minimum atomic E-state index is -1.60. The monoisotopic (exact) mass is 524 g/mol. The van der Waals surface area contributed by atoms with Crippen LogP contribution in [-0.2, 0) is 4.79 Å². The summed E-state index contributed by atoms with van der Waals surface area (Å²) in [5, 5.41) is 76.4. The zero-order valence-electron chi connectivity index (χ0n) is 23.2. The Hall–Kier alpha value is -0.870. The fourth-order valence-corrected chi connectivity index (χ4v) is 8.93. The van der Waals surface area contributed by atoms with Crippen LogP contribution < -0.4 is 0 Å². The van der Waals surface area contributed by atoms with Gasteiger partial charge in [-0.3, -0.25) is 4.79 Å². The standard InChI is InChI=1S/C29H48O8/c1-24(2,35)16(15-30)11-23(34)28(6,36)21-8-10-29(37)18-12-22(33)27(5)14-20(32)19(31)13-26(27,4)17(18)7-9-25(21,29)3/h12,16-17,19-21,23,30-32,34-37H,7-11,13-15H2,1-6H3/t16-,17?,19?,20?,21?,23-,25-,26-,27+,28-,29-/m1/s1. The maximum absolute atomic E-state index is 13.6. The van der Waals surface area contributed by atoms with Gasteiger partial charge in [0.05, 0.1) is 35.1 Å². The molecule has 8 heteroatoms. The van der Waals surface area contributed by atoms with E-state index in [2.05, 4.69) is 0 Å². The van der Waals surface area contributed by atoms with Gasteiger partial charge in [-0.15, -0.1) is 0 Å². The third-order valence-electron chi connectivity index (χ3n) is 12.0. The van der Waals surface area contributed by atoms with Crippen LogP contribution in [0, 0.1) is 34.0 Å². The van der Waals surface area contributed by atoms with Crippen molar-refractivity contribution in [2.24, 2.45) is 34.0 Å². The van der Waals surface area contributed by atoms with Crippen LogP contribution in [-0.4, -0.2) is 83.3 Å². The summed E-state index contributed by atoms with van der Waals surface area (Å²) in [4.78, 5) is 13.6. The molecule has 3 saturated carbocycles. The van der Waals surface area contributed by atoms with Crippen LogP contribution in [0.25, 0.3) is 0 Å². The predicted octanol–water partition coefficient (Wildman–Crippen LogP) is 1.46. The minimum absolute atomic E-state index is 0.00153. The van der Waals surface area contributed by atoms with E-state index in [9.17, 15) is 40.5 Å². The normalized spacial score (nSPS) is 47.3. The summed E-state index contributed by atoms with van der Waals surface area (Å²) in [5.41, 5.74) is -5.85. The number of carbonyl (C=O) groups is 1. The lowest BCUT2D eigenvalue weighted by molar-refractivity contribution is -0.190. The summed E-state index contributed by atoms with van der Waals surface area (Å²) in [6.45, 7) is 10.2. The zero-order chi connectivity index (χ0) is 28.0. The highest BCUT2D eigenvalue weighted by atomic mass is 16.3. The SMILES string of the molecule is CC(C)(O)[C@@H](CO)C[C@@H](O)[C@](C)(O)C1CC[C@@]2(O)C3=CC(=O)[C@]4(C)CC(O)C(O)C[C@]4(C)C3CC[C@]12C. The van der Waals surface area contributed by atoms with Gasteiger partial charge in [0, 0.05) is 23.4 Å². The van der Waals surface area contributed by atoms with E-state index in [4.69, 9.17) is 0 Å². The lowest BCUT2D eigenvalue weighted by Gasteiger charge is -2.63. The first kappa shape index (κ1) is 29.1. The third kappa shape index (κ3) is 3.92. The fourth-order valence-electron chi connectivity index (χ4n) is 8.93. The van der Waals surface area contributed by atoms with Gasteiger partial charge < -0.3 is 35.7 Å². The van der Waals surface area contributed by atoms with Gasteiger partial charge in [0.2, 0.25) is 0 Å². The Morgan fingerprint density at radius 3 is 2.16 bits per heavy atom. The molecule has 11 atom stereocenters. The van der Waals surface area contributed by atoms with Crippen LogP contribution in [0.2, 0.25) is 0 Å². The number of carbonyl (C=O) groups excluding carboxylic acids is 1. The van der Waals surface area contributed by atoms with Crippen LogP contribution in [0.1, 0.15) is 86.5 Å². The summed E-state index contributed by atoms with van der Waals surface area (Å²) in [7, 11) is 0. The maximum atomic E-state index is 13.6. The molecule has 4 rings (SSSR count). The van der Waals surface area contributed by atoms with Crippen molar-refractivity contribution in [3.8, 4) is 0 Å². The van der Waals surface area contributed by atoms with Crippen LogP contribution in [0.3, 0.4) is 0 Å². The average molecular weight is 525 g/mol. The number of aliphatic hydroxyl groups excluding tert-OH is 4. The molecule has 0 aliphatic heterocycles. The molecule has 0 heterocycles. The largest absolute Gasteiger partial charge is 0.396 e. The number of fused-ring (bicyclic) bond motifs is 5. The molecule has 0 radical (unpaired) electrons. The molecule has 0 saturated heterocycles. The molecule has 212 valence electrons. The van der Waals surface area contributed by atoms with Crippen molar-refractivity contribution in [1.82, 2.24) is 0 Å². The molecular weight excluding hydrogens is 476 g/mol. The number of rotatable bonds is 6. The zero-order valence-corrected chi connectivity index (χ0v) is 23.2. The van der Waals surface area contributed by atoms with Gasteiger partial charge in [-0.25, -0.2) is 0 Å². The highest BCUT2D eigenvalue weighted by molar-refractivity contribution is 5.97. The molecular formula is C29H48O8. The average Bonchev–Trinajstić information content (AvgIpc) is 3.06. The first-order valence-corrected chi connectivity index (χ1v) is 13.9. The summed E-state index contributed by atoms with van der Waals surface area (Å²) >= 11 is 0. The van der Waals surface area contributed by atoms with Gasteiger partial charge in [-0.1, -0.05) is 20.8 Å². The molecule has 0 aromatic rings. The molecule has 3 fully saturated rings. The highest BCUT2D eigenvalue weighted by Crippen LogP contribution is 2.70. The Bertz CT molecular complexity index is 954. The second kappa shape index (κ2) is 8.82. The van der Waals surface area contributed by atoms with Gasteiger partial charge in [-0.2, -0.15) is 0 Å².